The van der Waals surface area contributed by atoms with Gasteiger partial charge in [0.1, 0.15) is 0 Å². The Hall–Kier alpha value is -3.78. The summed E-state index contributed by atoms with van der Waals surface area (Å²) < 4.78 is 0. The molecule has 2 nitrogen and oxygen atoms in total. The van der Waals surface area contributed by atoms with Crippen LogP contribution in [-0.2, 0) is 22.4 Å². The fourth-order valence-corrected chi connectivity index (χ4v) is 2.77. The van der Waals surface area contributed by atoms with Gasteiger partial charge in [0, 0.05) is 12.8 Å². The van der Waals surface area contributed by atoms with Crippen molar-refractivity contribution >= 4 is 11.6 Å². The molecule has 2 heteroatoms. The van der Waals surface area contributed by atoms with Crippen LogP contribution in [0.4, 0.5) is 0 Å². The Morgan fingerprint density at radius 2 is 0.781 bits per heavy atom. The Bertz CT molecular complexity index is 954. The van der Waals surface area contributed by atoms with Crippen molar-refractivity contribution in [1.82, 2.24) is 0 Å². The number of carbonyl (C=O) groups excluding carboxylic acids is 2. The van der Waals surface area contributed by atoms with Gasteiger partial charge in [-0.05, 0) is 37.1 Å². The van der Waals surface area contributed by atoms with Gasteiger partial charge in [-0.2, -0.15) is 0 Å². The summed E-state index contributed by atoms with van der Waals surface area (Å²) in [5.41, 5.74) is 4.43. The second kappa shape index (κ2) is 14.3. The predicted octanol–water partition coefficient (Wildman–Crippen LogP) is 6.56. The molecule has 0 atom stereocenters. The van der Waals surface area contributed by atoms with E-state index >= 15 is 0 Å². The van der Waals surface area contributed by atoms with Crippen molar-refractivity contribution in [2.24, 2.45) is 0 Å². The predicted molar refractivity (Wildman–Crippen MR) is 135 cm³/mol. The quantitative estimate of drug-likeness (QED) is 0.303. The lowest BCUT2D eigenvalue weighted by Crippen LogP contribution is -1.97. The Morgan fingerprint density at radius 1 is 0.500 bits per heavy atom. The lowest BCUT2D eigenvalue weighted by atomic mass is 10.1. The highest BCUT2D eigenvalue weighted by atomic mass is 16.1. The topological polar surface area (TPSA) is 34.1 Å². The Balaban J connectivity index is 1.63. The number of hydrogen-bond donors (Lipinski definition) is 0. The molecule has 0 N–H and O–H groups in total. The van der Waals surface area contributed by atoms with Gasteiger partial charge in [-0.25, -0.2) is 0 Å². The van der Waals surface area contributed by atoms with Gasteiger partial charge in [0.05, 0.1) is 0 Å². The molecule has 0 spiro atoms. The van der Waals surface area contributed by atoms with E-state index in [0.29, 0.717) is 12.8 Å². The summed E-state index contributed by atoms with van der Waals surface area (Å²) in [4.78, 5) is 23.8. The molecule has 0 bridgehead atoms. The smallest absolute Gasteiger partial charge is 0.160 e. The summed E-state index contributed by atoms with van der Waals surface area (Å²) in [7, 11) is 0. The van der Waals surface area contributed by atoms with E-state index < -0.39 is 0 Å². The maximum absolute atomic E-state index is 11.9. The Morgan fingerprint density at radius 3 is 1.09 bits per heavy atom. The number of carbonyl (C=O) groups is 2. The molecule has 0 aliphatic heterocycles. The molecule has 2 aromatic rings. The summed E-state index contributed by atoms with van der Waals surface area (Å²) in [5.74, 6) is 0.163. The molecule has 0 saturated carbocycles. The van der Waals surface area contributed by atoms with E-state index in [1.165, 1.54) is 11.1 Å². The van der Waals surface area contributed by atoms with Crippen molar-refractivity contribution in [2.45, 2.75) is 26.7 Å². The number of hydrogen-bond acceptors (Lipinski definition) is 2. The Labute approximate surface area is 191 Å². The highest BCUT2D eigenvalue weighted by Crippen LogP contribution is 2.05. The maximum atomic E-state index is 11.9. The molecule has 0 aliphatic carbocycles. The second-order valence-electron chi connectivity index (χ2n) is 7.52. The molecule has 2 aromatic carbocycles. The van der Waals surface area contributed by atoms with Gasteiger partial charge >= 0.3 is 0 Å². The van der Waals surface area contributed by atoms with Gasteiger partial charge in [0.15, 0.2) is 11.6 Å². The molecule has 0 unspecified atom stereocenters. The Kier molecular flexibility index (Phi) is 10.9. The third-order valence-electron chi connectivity index (χ3n) is 4.56. The van der Waals surface area contributed by atoms with Crippen LogP contribution in [0.3, 0.4) is 0 Å². The first kappa shape index (κ1) is 24.5. The molecule has 2 rings (SSSR count). The fourth-order valence-electron chi connectivity index (χ4n) is 2.77. The molecule has 0 fully saturated rings. The van der Waals surface area contributed by atoms with Crippen LogP contribution in [0, 0.1) is 13.8 Å². The van der Waals surface area contributed by atoms with Crippen LogP contribution in [0.15, 0.2) is 121 Å². The summed E-state index contributed by atoms with van der Waals surface area (Å²) in [6, 6.07) is 16.0. The highest BCUT2D eigenvalue weighted by Gasteiger charge is 1.99. The summed E-state index contributed by atoms with van der Waals surface area (Å²) in [6.07, 6.45) is 22.5. The van der Waals surface area contributed by atoms with Crippen LogP contribution in [0.1, 0.15) is 22.3 Å². The summed E-state index contributed by atoms with van der Waals surface area (Å²) in [5, 5.41) is 0. The van der Waals surface area contributed by atoms with Crippen molar-refractivity contribution in [3.05, 3.63) is 144 Å². The van der Waals surface area contributed by atoms with Crippen LogP contribution >= 0.6 is 0 Å². The molecular weight excluding hydrogens is 392 g/mol. The van der Waals surface area contributed by atoms with Crippen molar-refractivity contribution in [1.29, 1.82) is 0 Å². The van der Waals surface area contributed by atoms with E-state index in [-0.39, 0.29) is 11.6 Å². The zero-order valence-corrected chi connectivity index (χ0v) is 18.8. The van der Waals surface area contributed by atoms with Gasteiger partial charge in [0.25, 0.3) is 0 Å². The van der Waals surface area contributed by atoms with Crippen LogP contribution < -0.4 is 0 Å². The largest absolute Gasteiger partial charge is 0.294 e. The number of aryl methyl sites for hydroxylation is 2. The van der Waals surface area contributed by atoms with Crippen LogP contribution in [0.2, 0.25) is 0 Å². The van der Waals surface area contributed by atoms with Crippen LogP contribution in [0.25, 0.3) is 0 Å². The number of rotatable bonds is 11. The third kappa shape index (κ3) is 10.8. The average molecular weight is 423 g/mol. The zero-order valence-electron chi connectivity index (χ0n) is 18.8. The van der Waals surface area contributed by atoms with E-state index in [4.69, 9.17) is 0 Å². The standard InChI is InChI=1S/C30H30O2/c1-25-15-19-27(20-16-25)23-29(31)13-11-9-7-5-3-4-6-8-10-12-14-30(32)24-28-21-17-26(2)18-22-28/h3-22H,23-24H2,1-2H3/b5-3+,6-4+,9-7+,10-8+,13-11+,14-12+. The van der Waals surface area contributed by atoms with Crippen molar-refractivity contribution in [3.63, 3.8) is 0 Å². The minimum atomic E-state index is 0.0814. The summed E-state index contributed by atoms with van der Waals surface area (Å²) >= 11 is 0. The lowest BCUT2D eigenvalue weighted by molar-refractivity contribution is -0.114. The van der Waals surface area contributed by atoms with Crippen LogP contribution in [0.5, 0.6) is 0 Å². The minimum Gasteiger partial charge on any atom is -0.294 e. The minimum absolute atomic E-state index is 0.0814. The molecule has 0 heterocycles. The lowest BCUT2D eigenvalue weighted by Gasteiger charge is -1.97. The van der Waals surface area contributed by atoms with E-state index in [1.807, 2.05) is 111 Å². The zero-order chi connectivity index (χ0) is 23.0. The van der Waals surface area contributed by atoms with Gasteiger partial charge in [-0.3, -0.25) is 9.59 Å². The molecule has 0 radical (unpaired) electrons. The van der Waals surface area contributed by atoms with E-state index in [0.717, 1.165) is 11.1 Å². The molecule has 0 saturated heterocycles. The molecule has 0 aliphatic rings. The highest BCUT2D eigenvalue weighted by molar-refractivity contribution is 5.92. The molecule has 0 amide bonds. The van der Waals surface area contributed by atoms with E-state index in [2.05, 4.69) is 0 Å². The molecular formula is C30H30O2. The van der Waals surface area contributed by atoms with Crippen molar-refractivity contribution in [2.75, 3.05) is 0 Å². The van der Waals surface area contributed by atoms with Gasteiger partial charge < -0.3 is 0 Å². The monoisotopic (exact) mass is 422 g/mol. The maximum Gasteiger partial charge on any atom is 0.160 e. The number of ketones is 2. The van der Waals surface area contributed by atoms with E-state index in [9.17, 15) is 9.59 Å². The van der Waals surface area contributed by atoms with Gasteiger partial charge in [-0.15, -0.1) is 0 Å². The average Bonchev–Trinajstić information content (AvgIpc) is 2.77. The first-order chi connectivity index (χ1) is 15.5. The first-order valence-electron chi connectivity index (χ1n) is 10.7. The normalized spacial score (nSPS) is 12.4. The third-order valence-corrected chi connectivity index (χ3v) is 4.56. The summed E-state index contributed by atoms with van der Waals surface area (Å²) in [6.45, 7) is 4.06. The van der Waals surface area contributed by atoms with Crippen molar-refractivity contribution < 1.29 is 9.59 Å². The second-order valence-corrected chi connectivity index (χ2v) is 7.52. The molecule has 0 aromatic heterocycles. The van der Waals surface area contributed by atoms with Gasteiger partial charge in [0.2, 0.25) is 0 Å². The number of benzene rings is 2. The SMILES string of the molecule is Cc1ccc(CC(=O)/C=C/C=C/C=C/C=C/C=C/C=C/C(=O)Cc2ccc(C)cc2)cc1. The fraction of sp³-hybridized carbons (Fsp3) is 0.133. The van der Waals surface area contributed by atoms with Gasteiger partial charge in [-0.1, -0.05) is 120 Å². The molecule has 32 heavy (non-hydrogen) atoms. The molecule has 162 valence electrons. The van der Waals surface area contributed by atoms with Crippen molar-refractivity contribution in [3.8, 4) is 0 Å². The number of allylic oxidation sites excluding steroid dienone is 12. The first-order valence-corrected chi connectivity index (χ1v) is 10.7. The van der Waals surface area contributed by atoms with E-state index in [1.54, 1.807) is 24.3 Å². The van der Waals surface area contributed by atoms with Crippen LogP contribution in [-0.4, -0.2) is 11.6 Å².